The minimum Gasteiger partial charge on any atom is -0.459 e. The van der Waals surface area contributed by atoms with Crippen LogP contribution in [0, 0.1) is 48.3 Å². The van der Waals surface area contributed by atoms with Crippen LogP contribution in [-0.4, -0.2) is 106 Å². The largest absolute Gasteiger partial charge is 0.459 e. The van der Waals surface area contributed by atoms with Crippen LogP contribution in [0.4, 0.5) is 17.6 Å². The zero-order valence-corrected chi connectivity index (χ0v) is 63.3. The quantitative estimate of drug-likeness (QED) is 0.0130. The van der Waals surface area contributed by atoms with Crippen molar-refractivity contribution in [2.45, 2.75) is 208 Å². The second-order valence-corrected chi connectivity index (χ2v) is 37.1. The van der Waals surface area contributed by atoms with E-state index in [0.29, 0.717) is 61.3 Å². The fourth-order valence-electron chi connectivity index (χ4n) is 15.7. The average molecular weight is 1520 g/mol. The van der Waals surface area contributed by atoms with E-state index in [1.807, 2.05) is 0 Å². The molecule has 8 aliphatic rings. The van der Waals surface area contributed by atoms with Crippen LogP contribution in [0.25, 0.3) is 0 Å². The number of hydrogen-bond donors (Lipinski definition) is 4. The summed E-state index contributed by atoms with van der Waals surface area (Å²) in [6.45, 7) is 16.5. The van der Waals surface area contributed by atoms with Crippen molar-refractivity contribution < 1.29 is 91.8 Å². The Labute approximate surface area is 614 Å². The minimum absolute atomic E-state index is 0.0229. The van der Waals surface area contributed by atoms with E-state index in [2.05, 4.69) is 206 Å². The number of esters is 4. The molecular weight excluding hydrogens is 1420 g/mol. The maximum atomic E-state index is 13.4. The molecule has 0 saturated heterocycles. The van der Waals surface area contributed by atoms with E-state index in [-0.39, 0.29) is 39.8 Å². The fraction of sp³-hybridized carbons (Fsp3) is 0.450. The van der Waals surface area contributed by atoms with Gasteiger partial charge in [-0.3, -0.25) is 18.7 Å². The van der Waals surface area contributed by atoms with E-state index in [4.69, 9.17) is 18.6 Å². The fourth-order valence-corrected chi connectivity index (χ4v) is 20.2. The molecular formula is C80H96F4O16S4+2. The predicted molar refractivity (Wildman–Crippen MR) is 391 cm³/mol. The normalized spacial score (nSPS) is 24.1. The van der Waals surface area contributed by atoms with Gasteiger partial charge in [-0.2, -0.15) is 34.4 Å². The van der Waals surface area contributed by atoms with Crippen LogP contribution in [0.5, 0.6) is 0 Å². The molecule has 5 unspecified atom stereocenters. The summed E-state index contributed by atoms with van der Waals surface area (Å²) in [5.74, 6) is -1.38. The van der Waals surface area contributed by atoms with Gasteiger partial charge in [-0.15, -0.1) is 0 Å². The van der Waals surface area contributed by atoms with Crippen LogP contribution in [0.2, 0.25) is 0 Å². The molecule has 0 aromatic heterocycles. The Morgan fingerprint density at radius 3 is 1.06 bits per heavy atom. The van der Waals surface area contributed by atoms with Crippen molar-refractivity contribution in [2.24, 2.45) is 34.5 Å². The molecule has 6 aromatic rings. The van der Waals surface area contributed by atoms with Gasteiger partial charge in [-0.1, -0.05) is 128 Å². The summed E-state index contributed by atoms with van der Waals surface area (Å²) in [7, 11) is -11.3. The molecule has 0 spiro atoms. The maximum absolute atomic E-state index is 13.4. The number of halogens is 4. The molecule has 0 radical (unpaired) electrons. The number of hydrogen-bond acceptors (Lipinski definition) is 14. The Kier molecular flexibility index (Phi) is 26.4. The Morgan fingerprint density at radius 2 is 0.769 bits per heavy atom. The summed E-state index contributed by atoms with van der Waals surface area (Å²) in [4.78, 5) is 56.3. The van der Waals surface area contributed by atoms with Crippen molar-refractivity contribution >= 4 is 65.9 Å². The zero-order valence-electron chi connectivity index (χ0n) is 60.0. The van der Waals surface area contributed by atoms with Crippen molar-refractivity contribution in [1.29, 1.82) is 0 Å². The number of benzene rings is 6. The molecule has 24 heteroatoms. The van der Waals surface area contributed by atoms with Gasteiger partial charge >= 0.3 is 54.6 Å². The van der Waals surface area contributed by atoms with Crippen LogP contribution in [0.15, 0.2) is 224 Å². The lowest BCUT2D eigenvalue weighted by atomic mass is 9.52. The molecule has 104 heavy (non-hydrogen) atoms. The van der Waals surface area contributed by atoms with Gasteiger partial charge in [0.25, 0.3) is 0 Å². The van der Waals surface area contributed by atoms with E-state index >= 15 is 0 Å². The molecule has 0 amide bonds. The molecule has 8 saturated carbocycles. The highest BCUT2D eigenvalue weighted by molar-refractivity contribution is 7.97. The van der Waals surface area contributed by atoms with E-state index in [1.54, 1.807) is 20.8 Å². The first-order chi connectivity index (χ1) is 48.5. The topological polar surface area (TPSA) is 254 Å². The third-order valence-electron chi connectivity index (χ3n) is 19.9. The summed E-state index contributed by atoms with van der Waals surface area (Å²) in [6, 6.07) is 60.8. The highest BCUT2D eigenvalue weighted by Gasteiger charge is 2.61. The Hall–Kier alpha value is -7.16. The SMILES string of the molecule is C=C(C)C(=O)OC12CC3CC(CC(O)(C3)C1)C2.C=C(C)C(=O)OCC(F)(F)S(=O)(=O)O.CCC(C)(CC(C)(C)C(=O)OCC(F)(F)S(=O)(=O)O)C(=O)OC12CC3CC(CC(O)(C3)C1)C2.Cc1ccc([S+](c2ccccc2)c2ccccc2)cc1.Cc1ccc([S+](c2ccccc2)c2ccccc2)cc1. The first-order valence-corrected chi connectivity index (χ1v) is 39.9. The van der Waals surface area contributed by atoms with E-state index in [9.17, 15) is 63.8 Å². The number of aliphatic hydroxyl groups is 2. The molecule has 0 heterocycles. The van der Waals surface area contributed by atoms with E-state index in [0.717, 1.165) is 44.9 Å². The number of carbonyl (C=O) groups is 4. The number of ether oxygens (including phenoxy) is 4. The third-order valence-corrected chi connectivity index (χ3v) is 26.1. The molecule has 6 aromatic carbocycles. The Morgan fingerprint density at radius 1 is 0.471 bits per heavy atom. The Bertz CT molecular complexity index is 3970. The molecule has 8 bridgehead atoms. The van der Waals surface area contributed by atoms with E-state index in [1.165, 1.54) is 67.7 Å². The smallest absolute Gasteiger partial charge is 0.402 e. The van der Waals surface area contributed by atoms with Gasteiger partial charge in [0.15, 0.2) is 42.6 Å². The van der Waals surface area contributed by atoms with Crippen LogP contribution < -0.4 is 0 Å². The molecule has 5 atom stereocenters. The second-order valence-electron chi connectivity index (χ2n) is 29.9. The second kappa shape index (κ2) is 33.3. The van der Waals surface area contributed by atoms with E-state index < -0.39 is 95.1 Å². The molecule has 8 fully saturated rings. The van der Waals surface area contributed by atoms with Gasteiger partial charge in [-0.05, 0) is 222 Å². The number of aryl methyl sites for hydroxylation is 2. The van der Waals surface area contributed by atoms with Crippen molar-refractivity contribution in [3.8, 4) is 0 Å². The summed E-state index contributed by atoms with van der Waals surface area (Å²) in [5, 5.41) is 12.3. The monoisotopic (exact) mass is 1520 g/mol. The third kappa shape index (κ3) is 21.3. The molecule has 8 aliphatic carbocycles. The van der Waals surface area contributed by atoms with Gasteiger partial charge < -0.3 is 29.2 Å². The minimum atomic E-state index is -5.73. The first-order valence-electron chi connectivity index (χ1n) is 34.6. The lowest BCUT2D eigenvalue weighted by molar-refractivity contribution is -0.227. The average Bonchev–Trinajstić information content (AvgIpc) is 0.733. The lowest BCUT2D eigenvalue weighted by Gasteiger charge is -2.59. The van der Waals surface area contributed by atoms with Crippen LogP contribution in [-0.2, 0) is 80.2 Å². The highest BCUT2D eigenvalue weighted by atomic mass is 32.2. The van der Waals surface area contributed by atoms with Gasteiger partial charge in [0, 0.05) is 24.0 Å². The van der Waals surface area contributed by atoms with Crippen molar-refractivity contribution in [1.82, 2.24) is 0 Å². The lowest BCUT2D eigenvalue weighted by Crippen LogP contribution is -2.61. The number of rotatable bonds is 21. The summed E-state index contributed by atoms with van der Waals surface area (Å²) in [5.41, 5.74) is -2.16. The number of alkyl halides is 4. The van der Waals surface area contributed by atoms with Gasteiger partial charge in [0.1, 0.15) is 11.2 Å². The molecule has 4 N–H and O–H groups in total. The number of carbonyl (C=O) groups excluding carboxylic acids is 4. The Balaban J connectivity index is 0.000000170. The van der Waals surface area contributed by atoms with Crippen molar-refractivity contribution in [3.05, 3.63) is 205 Å². The van der Waals surface area contributed by atoms with Crippen molar-refractivity contribution in [2.75, 3.05) is 13.2 Å². The summed E-state index contributed by atoms with van der Waals surface area (Å²) < 4.78 is 130. The van der Waals surface area contributed by atoms with Gasteiger partial charge in [0.05, 0.1) is 43.8 Å². The highest BCUT2D eigenvalue weighted by Crippen LogP contribution is 2.61. The van der Waals surface area contributed by atoms with Crippen LogP contribution >= 0.6 is 0 Å². The predicted octanol–water partition coefficient (Wildman–Crippen LogP) is 16.4. The summed E-state index contributed by atoms with van der Waals surface area (Å²) >= 11 is 0. The van der Waals surface area contributed by atoms with Crippen LogP contribution in [0.3, 0.4) is 0 Å². The first kappa shape index (κ1) is 82.5. The molecule has 562 valence electrons. The van der Waals surface area contributed by atoms with Crippen LogP contribution in [0.1, 0.15) is 143 Å². The maximum Gasteiger partial charge on any atom is 0.402 e. The zero-order chi connectivity index (χ0) is 76.5. The van der Waals surface area contributed by atoms with Gasteiger partial charge in [0.2, 0.25) is 0 Å². The van der Waals surface area contributed by atoms with Gasteiger partial charge in [-0.25, -0.2) is 9.59 Å². The van der Waals surface area contributed by atoms with Crippen molar-refractivity contribution in [3.63, 3.8) is 0 Å². The standard InChI is InChI=1S/C22H34F2O8S.2C19H17S.C14H20O3.C6H8F2O5S/c1-5-19(4,11-18(2,3)16(25)31-13-22(23,24)33(28,29)30)17(26)32-21-9-14-6-15(10-21)8-20(27,7-14)12-21;2*1-16-12-14-19(15-13-16)20(17-8-4-2-5-9-17)18-10-6-3-7-11-18;1-9(2)12(15)17-14-6-10-3-11(7-14)5-13(16,4-10)8-14;1-4(2)5(9)13-3-6(7,8)14(10,11)12/h14-15,27H,5-13H2,1-4H3,(H,28,29,30);2*2-15H,1H3;10-11,16H,1,3-8H2,2H3;1,3H2,2H3,(H,10,11,12)/q;2*+1;;. The molecule has 16 nitrogen and oxygen atoms in total. The molecule has 0 aliphatic heterocycles. The summed E-state index contributed by atoms with van der Waals surface area (Å²) in [6.07, 6.45) is 10.00. The molecule has 14 rings (SSSR count).